The van der Waals surface area contributed by atoms with Crippen LogP contribution in [-0.4, -0.2) is 31.6 Å². The number of pyridine rings is 1. The van der Waals surface area contributed by atoms with Gasteiger partial charge in [-0.15, -0.1) is 5.10 Å². The van der Waals surface area contributed by atoms with E-state index >= 15 is 0 Å². The maximum atomic E-state index is 14.5. The summed E-state index contributed by atoms with van der Waals surface area (Å²) in [6.45, 7) is 3.04. The van der Waals surface area contributed by atoms with E-state index in [0.717, 1.165) is 23.2 Å². The minimum absolute atomic E-state index is 0.0150. The Hall–Kier alpha value is -4.49. The quantitative estimate of drug-likeness (QED) is 0.149. The zero-order chi connectivity index (χ0) is 31.6. The molecule has 0 amide bonds. The lowest BCUT2D eigenvalue weighted by Crippen LogP contribution is -2.31. The van der Waals surface area contributed by atoms with Gasteiger partial charge in [-0.05, 0) is 43.0 Å². The first-order valence-electron chi connectivity index (χ1n) is 13.3. The van der Waals surface area contributed by atoms with Crippen LogP contribution in [0.4, 0.5) is 22.0 Å². The van der Waals surface area contributed by atoms with Crippen LogP contribution in [0.15, 0.2) is 71.7 Å². The molecule has 0 aliphatic carbocycles. The topological polar surface area (TPSA) is 80.4 Å². The molecule has 0 spiro atoms. The van der Waals surface area contributed by atoms with Gasteiger partial charge in [0.2, 0.25) is 5.88 Å². The van der Waals surface area contributed by atoms with Crippen molar-refractivity contribution in [1.82, 2.24) is 19.3 Å². The average Bonchev–Trinajstić information content (AvgIpc) is 3.29. The lowest BCUT2D eigenvalue weighted by Gasteiger charge is -2.20. The molecule has 14 heteroatoms. The normalized spacial score (nSPS) is 12.5. The summed E-state index contributed by atoms with van der Waals surface area (Å²) in [7, 11) is 0. The molecule has 8 nitrogen and oxygen atoms in total. The van der Waals surface area contributed by atoms with Crippen molar-refractivity contribution >= 4 is 22.4 Å². The summed E-state index contributed by atoms with van der Waals surface area (Å²) in [5.41, 5.74) is 0.429. The molecule has 2 heterocycles. The fourth-order valence-corrected chi connectivity index (χ4v) is 4.60. The predicted octanol–water partition coefficient (Wildman–Crippen LogP) is 7.37. The highest BCUT2D eigenvalue weighted by molar-refractivity contribution is 6.32. The van der Waals surface area contributed by atoms with Crippen LogP contribution < -0.4 is 15.2 Å². The minimum Gasteiger partial charge on any atom is -0.480 e. The van der Waals surface area contributed by atoms with E-state index in [4.69, 9.17) is 25.8 Å². The van der Waals surface area contributed by atoms with Gasteiger partial charge >= 0.3 is 11.9 Å². The van der Waals surface area contributed by atoms with Gasteiger partial charge in [0.1, 0.15) is 18.2 Å². The van der Waals surface area contributed by atoms with Crippen LogP contribution in [0.2, 0.25) is 5.02 Å². The van der Waals surface area contributed by atoms with Gasteiger partial charge in [0.05, 0.1) is 22.7 Å². The lowest BCUT2D eigenvalue weighted by atomic mass is 10.1. The highest BCUT2D eigenvalue weighted by Crippen LogP contribution is 2.40. The van der Waals surface area contributed by atoms with Crippen molar-refractivity contribution in [2.75, 3.05) is 0 Å². The summed E-state index contributed by atoms with van der Waals surface area (Å²) in [4.78, 5) is 17.4. The number of hydrogen-bond donors (Lipinski definition) is 0. The molecule has 0 fully saturated rings. The standard InChI is InChI=1S/C30H24ClF5N4O4/c1-3-39-25(16-42-15-18-7-5-4-6-8-18)38-40(29(39)41)21-11-19-9-10-37-28(44-27-22(31)12-20(32)13-23(27)33)26(19)24(14-21)43-17(2)30(34,35)36/h4-14,17H,3,15-16H2,1-2H3. The first-order chi connectivity index (χ1) is 21.0. The molecule has 5 aromatic rings. The number of aromatic nitrogens is 4. The molecule has 0 aliphatic rings. The molecule has 0 radical (unpaired) electrons. The Kier molecular flexibility index (Phi) is 8.88. The monoisotopic (exact) mass is 634 g/mol. The van der Waals surface area contributed by atoms with Crippen LogP contribution in [-0.2, 0) is 24.5 Å². The Balaban J connectivity index is 1.59. The van der Waals surface area contributed by atoms with Crippen molar-refractivity contribution < 1.29 is 36.2 Å². The second kappa shape index (κ2) is 12.6. The number of rotatable bonds is 10. The zero-order valence-electron chi connectivity index (χ0n) is 23.2. The zero-order valence-corrected chi connectivity index (χ0v) is 24.0. The summed E-state index contributed by atoms with van der Waals surface area (Å²) in [5.74, 6) is -3.17. The Morgan fingerprint density at radius 3 is 2.45 bits per heavy atom. The number of nitrogens with zero attached hydrogens (tertiary/aromatic N) is 4. The SMILES string of the molecule is CCn1c(COCc2ccccc2)nn(-c2cc(OC(C)C(F)(F)F)c3c(Oc4c(F)cc(F)cc4Cl)nccc3c2)c1=O. The molecule has 0 N–H and O–H groups in total. The fraction of sp³-hybridized carbons (Fsp3) is 0.233. The molecule has 0 saturated carbocycles. The third-order valence-corrected chi connectivity index (χ3v) is 6.83. The molecule has 230 valence electrons. The molecular weight excluding hydrogens is 611 g/mol. The Bertz CT molecular complexity index is 1840. The molecule has 3 aromatic carbocycles. The third-order valence-electron chi connectivity index (χ3n) is 6.55. The van der Waals surface area contributed by atoms with Gasteiger partial charge in [0.25, 0.3) is 0 Å². The van der Waals surface area contributed by atoms with E-state index < -0.39 is 40.4 Å². The highest BCUT2D eigenvalue weighted by atomic mass is 35.5. The first kappa shape index (κ1) is 31.0. The van der Waals surface area contributed by atoms with E-state index in [-0.39, 0.29) is 47.8 Å². The largest absolute Gasteiger partial charge is 0.480 e. The van der Waals surface area contributed by atoms with Gasteiger partial charge in [0, 0.05) is 24.9 Å². The van der Waals surface area contributed by atoms with E-state index in [1.165, 1.54) is 29.0 Å². The summed E-state index contributed by atoms with van der Waals surface area (Å²) in [5, 5.41) is 4.10. The van der Waals surface area contributed by atoms with Crippen LogP contribution in [0.25, 0.3) is 16.5 Å². The molecule has 44 heavy (non-hydrogen) atoms. The Morgan fingerprint density at radius 1 is 1.02 bits per heavy atom. The number of halogens is 6. The van der Waals surface area contributed by atoms with E-state index in [9.17, 15) is 26.7 Å². The van der Waals surface area contributed by atoms with E-state index in [0.29, 0.717) is 11.9 Å². The van der Waals surface area contributed by atoms with Crippen LogP contribution in [0.5, 0.6) is 17.4 Å². The molecule has 0 aliphatic heterocycles. The minimum atomic E-state index is -4.76. The maximum Gasteiger partial charge on any atom is 0.425 e. The second-order valence-corrected chi connectivity index (χ2v) is 10.0. The fourth-order valence-electron chi connectivity index (χ4n) is 4.37. The van der Waals surface area contributed by atoms with E-state index in [2.05, 4.69) is 10.1 Å². The van der Waals surface area contributed by atoms with Crippen molar-refractivity contribution in [2.45, 2.75) is 45.9 Å². The lowest BCUT2D eigenvalue weighted by molar-refractivity contribution is -0.189. The molecule has 2 aromatic heterocycles. The molecule has 1 unspecified atom stereocenters. The summed E-state index contributed by atoms with van der Waals surface area (Å²) in [6, 6.07) is 14.8. The van der Waals surface area contributed by atoms with Gasteiger partial charge in [0.15, 0.2) is 23.5 Å². The van der Waals surface area contributed by atoms with Gasteiger partial charge in [-0.25, -0.2) is 18.6 Å². The van der Waals surface area contributed by atoms with Crippen molar-refractivity contribution in [3.8, 4) is 23.1 Å². The second-order valence-electron chi connectivity index (χ2n) is 9.59. The number of alkyl halides is 3. The van der Waals surface area contributed by atoms with Crippen molar-refractivity contribution in [3.05, 3.63) is 105 Å². The van der Waals surface area contributed by atoms with Gasteiger partial charge in [-0.1, -0.05) is 41.9 Å². The molecule has 0 saturated heterocycles. The van der Waals surface area contributed by atoms with E-state index in [1.54, 1.807) is 6.92 Å². The maximum absolute atomic E-state index is 14.5. The highest BCUT2D eigenvalue weighted by Gasteiger charge is 2.38. The molecule has 5 rings (SSSR count). The summed E-state index contributed by atoms with van der Waals surface area (Å²) in [6.07, 6.45) is -5.81. The number of benzene rings is 3. The van der Waals surface area contributed by atoms with Gasteiger partial charge in [-0.3, -0.25) is 4.57 Å². The summed E-state index contributed by atoms with van der Waals surface area (Å²) < 4.78 is 88.0. The van der Waals surface area contributed by atoms with Crippen LogP contribution in [0.3, 0.4) is 0 Å². The van der Waals surface area contributed by atoms with Crippen LogP contribution in [0, 0.1) is 11.6 Å². The molecular formula is C30H24ClF5N4O4. The predicted molar refractivity (Wildman–Crippen MR) is 151 cm³/mol. The van der Waals surface area contributed by atoms with Crippen molar-refractivity contribution in [3.63, 3.8) is 0 Å². The van der Waals surface area contributed by atoms with Crippen molar-refractivity contribution in [1.29, 1.82) is 0 Å². The van der Waals surface area contributed by atoms with Gasteiger partial charge in [-0.2, -0.15) is 17.9 Å². The van der Waals surface area contributed by atoms with E-state index in [1.807, 2.05) is 30.3 Å². The van der Waals surface area contributed by atoms with Crippen LogP contribution >= 0.6 is 11.6 Å². The number of hydrogen-bond acceptors (Lipinski definition) is 6. The molecule has 0 bridgehead atoms. The summed E-state index contributed by atoms with van der Waals surface area (Å²) >= 11 is 5.97. The van der Waals surface area contributed by atoms with Crippen LogP contribution in [0.1, 0.15) is 25.2 Å². The number of fused-ring (bicyclic) bond motifs is 1. The van der Waals surface area contributed by atoms with Crippen molar-refractivity contribution in [2.24, 2.45) is 0 Å². The Morgan fingerprint density at radius 2 is 1.77 bits per heavy atom. The smallest absolute Gasteiger partial charge is 0.425 e. The number of ether oxygens (including phenoxy) is 3. The third kappa shape index (κ3) is 6.53. The average molecular weight is 635 g/mol. The molecule has 1 atom stereocenters. The Labute approximate surface area is 252 Å². The first-order valence-corrected chi connectivity index (χ1v) is 13.6. The van der Waals surface area contributed by atoms with Gasteiger partial charge < -0.3 is 14.2 Å².